The topological polar surface area (TPSA) is 0 Å². The van der Waals surface area contributed by atoms with E-state index in [1.54, 1.807) is 0 Å². The van der Waals surface area contributed by atoms with Gasteiger partial charge in [0.2, 0.25) is 0 Å². The van der Waals surface area contributed by atoms with E-state index in [2.05, 4.69) is 149 Å². The molecule has 0 aliphatic carbocycles. The first-order chi connectivity index (χ1) is 22.6. The number of hydrogen-bond donors (Lipinski definition) is 0. The van der Waals surface area contributed by atoms with Gasteiger partial charge in [-0.1, -0.05) is 123 Å². The van der Waals surface area contributed by atoms with Gasteiger partial charge in [0.25, 0.3) is 0 Å². The standard InChI is InChI=1S/C46H36/c1-5-29-21-33-19-20-34-22-30(6-2)24-40-42(34)41(33)39(23-29)45-43(35-17-11-7-13-27(35)3)37-25-31-15-9-10-16-32(31)26-38(37)44(46(40)45)36-18-12-8-14-28(36)4/h7-26H,5-6H2,1-4H3. The first-order valence-electron chi connectivity index (χ1n) is 16.7. The summed E-state index contributed by atoms with van der Waals surface area (Å²) >= 11 is 0. The minimum atomic E-state index is 1.00. The Bertz CT molecular complexity index is 2480. The molecule has 9 rings (SSSR count). The fraction of sp³-hybridized carbons (Fsp3) is 0.130. The van der Waals surface area contributed by atoms with E-state index >= 15 is 0 Å². The van der Waals surface area contributed by atoms with Crippen LogP contribution >= 0.6 is 0 Å². The zero-order valence-corrected chi connectivity index (χ0v) is 27.0. The second-order valence-corrected chi connectivity index (χ2v) is 13.1. The third-order valence-corrected chi connectivity index (χ3v) is 10.5. The average Bonchev–Trinajstić information content (AvgIpc) is 3.09. The maximum absolute atomic E-state index is 2.51. The van der Waals surface area contributed by atoms with Crippen molar-refractivity contribution in [3.05, 3.63) is 144 Å². The average molecular weight is 589 g/mol. The Kier molecular flexibility index (Phi) is 5.99. The first-order valence-corrected chi connectivity index (χ1v) is 16.7. The minimum absolute atomic E-state index is 1.00. The first kappa shape index (κ1) is 27.1. The second-order valence-electron chi connectivity index (χ2n) is 13.1. The van der Waals surface area contributed by atoms with Gasteiger partial charge in [-0.2, -0.15) is 0 Å². The predicted octanol–water partition coefficient (Wildman–Crippen LogP) is 13.1. The Morgan fingerprint density at radius 2 is 0.783 bits per heavy atom. The van der Waals surface area contributed by atoms with E-state index in [4.69, 9.17) is 0 Å². The van der Waals surface area contributed by atoms with Crippen molar-refractivity contribution < 1.29 is 0 Å². The zero-order chi connectivity index (χ0) is 31.1. The van der Waals surface area contributed by atoms with Crippen molar-refractivity contribution >= 4 is 64.6 Å². The summed E-state index contributed by atoms with van der Waals surface area (Å²) in [5.41, 5.74) is 10.7. The molecule has 0 saturated carbocycles. The molecule has 0 aliphatic heterocycles. The van der Waals surface area contributed by atoms with Crippen LogP contribution in [0.4, 0.5) is 0 Å². The lowest BCUT2D eigenvalue weighted by Gasteiger charge is -2.25. The number of hydrogen-bond acceptors (Lipinski definition) is 0. The van der Waals surface area contributed by atoms with E-state index in [-0.39, 0.29) is 0 Å². The lowest BCUT2D eigenvalue weighted by molar-refractivity contribution is 1.15. The maximum atomic E-state index is 2.51. The van der Waals surface area contributed by atoms with Crippen LogP contribution in [0.25, 0.3) is 86.9 Å². The predicted molar refractivity (Wildman–Crippen MR) is 202 cm³/mol. The van der Waals surface area contributed by atoms with Gasteiger partial charge in [0, 0.05) is 0 Å². The van der Waals surface area contributed by atoms with E-state index < -0.39 is 0 Å². The molecule has 0 spiro atoms. The highest BCUT2D eigenvalue weighted by Crippen LogP contribution is 2.53. The fourth-order valence-corrected chi connectivity index (χ4v) is 8.23. The zero-order valence-electron chi connectivity index (χ0n) is 27.0. The van der Waals surface area contributed by atoms with E-state index in [0.29, 0.717) is 0 Å². The molecule has 46 heavy (non-hydrogen) atoms. The maximum Gasteiger partial charge on any atom is -0.000720 e. The van der Waals surface area contributed by atoms with E-state index in [1.165, 1.54) is 109 Å². The van der Waals surface area contributed by atoms with Crippen LogP contribution in [-0.4, -0.2) is 0 Å². The minimum Gasteiger partial charge on any atom is -0.0620 e. The van der Waals surface area contributed by atoms with Gasteiger partial charge in [-0.05, 0) is 148 Å². The summed E-state index contributed by atoms with van der Waals surface area (Å²) < 4.78 is 0. The van der Waals surface area contributed by atoms with Crippen LogP contribution < -0.4 is 0 Å². The summed E-state index contributed by atoms with van der Waals surface area (Å²) in [5, 5.41) is 16.2. The van der Waals surface area contributed by atoms with Crippen LogP contribution in [0.3, 0.4) is 0 Å². The third-order valence-electron chi connectivity index (χ3n) is 10.5. The van der Waals surface area contributed by atoms with Gasteiger partial charge in [-0.25, -0.2) is 0 Å². The van der Waals surface area contributed by atoms with Crippen LogP contribution in [0, 0.1) is 13.8 Å². The summed E-state index contributed by atoms with van der Waals surface area (Å²) in [5.74, 6) is 0. The Morgan fingerprint density at radius 3 is 1.20 bits per heavy atom. The summed E-state index contributed by atoms with van der Waals surface area (Å²) in [6.07, 6.45) is 2.00. The van der Waals surface area contributed by atoms with Gasteiger partial charge in [0.15, 0.2) is 0 Å². The van der Waals surface area contributed by atoms with Gasteiger partial charge in [0.05, 0.1) is 0 Å². The molecule has 0 aliphatic rings. The van der Waals surface area contributed by atoms with Crippen molar-refractivity contribution in [2.24, 2.45) is 0 Å². The molecule has 0 N–H and O–H groups in total. The lowest BCUT2D eigenvalue weighted by atomic mass is 9.78. The molecular formula is C46H36. The summed E-state index contributed by atoms with van der Waals surface area (Å²) in [4.78, 5) is 0. The van der Waals surface area contributed by atoms with Crippen molar-refractivity contribution in [1.82, 2.24) is 0 Å². The normalized spacial score (nSPS) is 12.1. The van der Waals surface area contributed by atoms with Crippen LogP contribution in [0.5, 0.6) is 0 Å². The highest BCUT2D eigenvalue weighted by Gasteiger charge is 2.25. The Hall–Kier alpha value is -5.20. The van der Waals surface area contributed by atoms with Crippen molar-refractivity contribution in [1.29, 1.82) is 0 Å². The Balaban J connectivity index is 1.72. The van der Waals surface area contributed by atoms with Crippen molar-refractivity contribution in [3.63, 3.8) is 0 Å². The molecule has 0 nitrogen and oxygen atoms in total. The molecule has 9 aromatic rings. The lowest BCUT2D eigenvalue weighted by Crippen LogP contribution is -1.98. The highest BCUT2D eigenvalue weighted by atomic mass is 14.3. The SMILES string of the molecule is CCc1cc2ccc3cc(CC)cc4c5c(-c6ccccc6C)c6cc7ccccc7cc6c(-c6ccccc6C)c5c(c1)c2c34. The summed E-state index contributed by atoms with van der Waals surface area (Å²) in [6.45, 7) is 9.11. The number of fused-ring (bicyclic) bond motifs is 5. The molecule has 0 amide bonds. The largest absolute Gasteiger partial charge is 0.0620 e. The fourth-order valence-electron chi connectivity index (χ4n) is 8.23. The van der Waals surface area contributed by atoms with E-state index in [9.17, 15) is 0 Å². The second kappa shape index (κ2) is 10.2. The highest BCUT2D eigenvalue weighted by molar-refractivity contribution is 6.41. The van der Waals surface area contributed by atoms with E-state index in [0.717, 1.165) is 12.8 Å². The molecule has 0 heterocycles. The van der Waals surface area contributed by atoms with Crippen molar-refractivity contribution in [3.8, 4) is 22.3 Å². The molecular weight excluding hydrogens is 553 g/mol. The molecule has 0 saturated heterocycles. The van der Waals surface area contributed by atoms with Crippen molar-refractivity contribution in [2.75, 3.05) is 0 Å². The molecule has 9 aromatic carbocycles. The van der Waals surface area contributed by atoms with Crippen LogP contribution in [-0.2, 0) is 12.8 Å². The van der Waals surface area contributed by atoms with Crippen molar-refractivity contribution in [2.45, 2.75) is 40.5 Å². The summed E-state index contributed by atoms with van der Waals surface area (Å²) in [6, 6.07) is 46.4. The van der Waals surface area contributed by atoms with Crippen LogP contribution in [0.1, 0.15) is 36.1 Å². The quantitative estimate of drug-likeness (QED) is 0.142. The Morgan fingerprint density at radius 1 is 0.370 bits per heavy atom. The van der Waals surface area contributed by atoms with Gasteiger partial charge in [0.1, 0.15) is 0 Å². The van der Waals surface area contributed by atoms with Gasteiger partial charge in [-0.3, -0.25) is 0 Å². The molecule has 0 unspecified atom stereocenters. The number of rotatable bonds is 4. The molecule has 0 radical (unpaired) electrons. The van der Waals surface area contributed by atoms with Crippen LogP contribution in [0.2, 0.25) is 0 Å². The molecule has 0 atom stereocenters. The monoisotopic (exact) mass is 588 g/mol. The molecule has 0 fully saturated rings. The summed E-state index contributed by atoms with van der Waals surface area (Å²) in [7, 11) is 0. The molecule has 0 bridgehead atoms. The molecule has 220 valence electrons. The Labute approximate surface area is 270 Å². The third kappa shape index (κ3) is 3.80. The van der Waals surface area contributed by atoms with Gasteiger partial charge >= 0.3 is 0 Å². The number of aryl methyl sites for hydroxylation is 4. The van der Waals surface area contributed by atoms with E-state index in [1.807, 2.05) is 0 Å². The van der Waals surface area contributed by atoms with Gasteiger partial charge in [-0.15, -0.1) is 0 Å². The molecule has 0 heteroatoms. The number of benzene rings is 9. The van der Waals surface area contributed by atoms with Crippen LogP contribution in [0.15, 0.2) is 121 Å². The van der Waals surface area contributed by atoms with Gasteiger partial charge < -0.3 is 0 Å². The smallest absolute Gasteiger partial charge is 0.000720 e. The molecule has 0 aromatic heterocycles.